The zero-order valence-corrected chi connectivity index (χ0v) is 11.9. The standard InChI is InChI=1S/C18H19NO/c1-18(2)13-19-20-17(18)16(14-9-5-3-6-10-14)15-11-7-4-8-12-15/h3-13,16-17H,1-2H3. The van der Waals surface area contributed by atoms with Crippen molar-refractivity contribution >= 4 is 6.21 Å². The molecule has 20 heavy (non-hydrogen) atoms. The van der Waals surface area contributed by atoms with E-state index < -0.39 is 0 Å². The van der Waals surface area contributed by atoms with E-state index in [1.165, 1.54) is 11.1 Å². The lowest BCUT2D eigenvalue weighted by molar-refractivity contribution is 0.0249. The van der Waals surface area contributed by atoms with Crippen LogP contribution < -0.4 is 0 Å². The van der Waals surface area contributed by atoms with E-state index in [2.05, 4.69) is 67.5 Å². The van der Waals surface area contributed by atoms with Crippen molar-refractivity contribution in [2.24, 2.45) is 10.6 Å². The van der Waals surface area contributed by atoms with Gasteiger partial charge in [-0.05, 0) is 11.1 Å². The predicted molar refractivity (Wildman–Crippen MR) is 81.9 cm³/mol. The summed E-state index contributed by atoms with van der Waals surface area (Å²) in [6.07, 6.45) is 1.93. The molecule has 1 unspecified atom stereocenters. The largest absolute Gasteiger partial charge is 0.391 e. The quantitative estimate of drug-likeness (QED) is 0.814. The summed E-state index contributed by atoms with van der Waals surface area (Å²) in [5.41, 5.74) is 2.46. The van der Waals surface area contributed by atoms with Crippen molar-refractivity contribution in [1.82, 2.24) is 0 Å². The molecule has 2 nitrogen and oxygen atoms in total. The van der Waals surface area contributed by atoms with E-state index in [-0.39, 0.29) is 17.4 Å². The van der Waals surface area contributed by atoms with E-state index in [9.17, 15) is 0 Å². The molecule has 0 amide bonds. The molecule has 1 aliphatic heterocycles. The van der Waals surface area contributed by atoms with E-state index in [4.69, 9.17) is 4.84 Å². The highest BCUT2D eigenvalue weighted by Gasteiger charge is 2.41. The number of nitrogens with zero attached hydrogens (tertiary/aromatic N) is 1. The minimum Gasteiger partial charge on any atom is -0.391 e. The van der Waals surface area contributed by atoms with Crippen LogP contribution in [0.1, 0.15) is 30.9 Å². The molecule has 2 heteroatoms. The van der Waals surface area contributed by atoms with Crippen molar-refractivity contribution < 1.29 is 4.84 Å². The number of hydrogen-bond acceptors (Lipinski definition) is 2. The van der Waals surface area contributed by atoms with Crippen molar-refractivity contribution in [2.75, 3.05) is 0 Å². The van der Waals surface area contributed by atoms with Crippen molar-refractivity contribution in [3.05, 3.63) is 71.8 Å². The maximum absolute atomic E-state index is 5.71. The van der Waals surface area contributed by atoms with Gasteiger partial charge in [0.2, 0.25) is 0 Å². The van der Waals surface area contributed by atoms with Crippen molar-refractivity contribution in [2.45, 2.75) is 25.9 Å². The topological polar surface area (TPSA) is 21.6 Å². The van der Waals surface area contributed by atoms with Crippen LogP contribution in [0.15, 0.2) is 65.8 Å². The average Bonchev–Trinajstić information content (AvgIpc) is 2.81. The Labute approximate surface area is 120 Å². The van der Waals surface area contributed by atoms with Crippen molar-refractivity contribution in [3.63, 3.8) is 0 Å². The van der Waals surface area contributed by atoms with Crippen molar-refractivity contribution in [3.8, 4) is 0 Å². The Morgan fingerprint density at radius 1 is 0.900 bits per heavy atom. The molecular formula is C18H19NO. The van der Waals surface area contributed by atoms with Crippen LogP contribution in [0.3, 0.4) is 0 Å². The van der Waals surface area contributed by atoms with Gasteiger partial charge < -0.3 is 4.84 Å². The second kappa shape index (κ2) is 5.12. The normalized spacial score (nSPS) is 20.1. The van der Waals surface area contributed by atoms with E-state index in [0.717, 1.165) is 0 Å². The first-order chi connectivity index (χ1) is 9.68. The van der Waals surface area contributed by atoms with Gasteiger partial charge in [0, 0.05) is 11.3 Å². The molecule has 0 saturated carbocycles. The van der Waals surface area contributed by atoms with Crippen LogP contribution in [0.2, 0.25) is 0 Å². The third-order valence-corrected chi connectivity index (χ3v) is 3.91. The highest BCUT2D eigenvalue weighted by molar-refractivity contribution is 5.67. The van der Waals surface area contributed by atoms with Gasteiger partial charge >= 0.3 is 0 Å². The van der Waals surface area contributed by atoms with Gasteiger partial charge in [-0.1, -0.05) is 79.7 Å². The van der Waals surface area contributed by atoms with Crippen LogP contribution >= 0.6 is 0 Å². The van der Waals surface area contributed by atoms with Gasteiger partial charge in [0.15, 0.2) is 0 Å². The molecular weight excluding hydrogens is 246 g/mol. The Morgan fingerprint density at radius 3 is 1.80 bits per heavy atom. The second-order valence-corrected chi connectivity index (χ2v) is 5.88. The summed E-state index contributed by atoms with van der Waals surface area (Å²) in [6.45, 7) is 4.35. The highest BCUT2D eigenvalue weighted by Crippen LogP contribution is 2.40. The molecule has 102 valence electrons. The molecule has 1 aliphatic rings. The predicted octanol–water partition coefficient (Wildman–Crippen LogP) is 4.23. The molecule has 0 radical (unpaired) electrons. The smallest absolute Gasteiger partial charge is 0.148 e. The molecule has 0 bridgehead atoms. The van der Waals surface area contributed by atoms with E-state index in [1.54, 1.807) is 0 Å². The second-order valence-electron chi connectivity index (χ2n) is 5.88. The van der Waals surface area contributed by atoms with Crippen LogP contribution in [0.4, 0.5) is 0 Å². The minimum atomic E-state index is -0.0731. The molecule has 0 N–H and O–H groups in total. The zero-order chi connectivity index (χ0) is 14.0. The number of benzene rings is 2. The summed E-state index contributed by atoms with van der Waals surface area (Å²) in [6, 6.07) is 21.0. The summed E-state index contributed by atoms with van der Waals surface area (Å²) < 4.78 is 0. The maximum Gasteiger partial charge on any atom is 0.148 e. The Hall–Kier alpha value is -2.09. The van der Waals surface area contributed by atoms with Gasteiger partial charge in [-0.3, -0.25) is 0 Å². The summed E-state index contributed by atoms with van der Waals surface area (Å²) >= 11 is 0. The Kier molecular flexibility index (Phi) is 3.31. The number of oxime groups is 1. The van der Waals surface area contributed by atoms with E-state index in [1.807, 2.05) is 18.3 Å². The third-order valence-electron chi connectivity index (χ3n) is 3.91. The van der Waals surface area contributed by atoms with Gasteiger partial charge in [-0.2, -0.15) is 0 Å². The first-order valence-corrected chi connectivity index (χ1v) is 6.99. The Balaban J connectivity index is 2.06. The third kappa shape index (κ3) is 2.34. The molecule has 1 atom stereocenters. The SMILES string of the molecule is CC1(C)C=NOC1C(c1ccccc1)c1ccccc1. The molecule has 0 saturated heterocycles. The zero-order valence-electron chi connectivity index (χ0n) is 11.9. The fourth-order valence-corrected chi connectivity index (χ4v) is 2.79. The summed E-state index contributed by atoms with van der Waals surface area (Å²) in [5, 5.41) is 4.06. The Morgan fingerprint density at radius 2 is 1.40 bits per heavy atom. The van der Waals surface area contributed by atoms with E-state index in [0.29, 0.717) is 0 Å². The minimum absolute atomic E-state index is 0.0206. The first-order valence-electron chi connectivity index (χ1n) is 6.99. The average molecular weight is 265 g/mol. The van der Waals surface area contributed by atoms with E-state index >= 15 is 0 Å². The van der Waals surface area contributed by atoms with Gasteiger partial charge in [-0.25, -0.2) is 0 Å². The van der Waals surface area contributed by atoms with Crippen LogP contribution in [-0.2, 0) is 4.84 Å². The Bertz CT molecular complexity index is 550. The van der Waals surface area contributed by atoms with Crippen LogP contribution in [-0.4, -0.2) is 12.3 Å². The van der Waals surface area contributed by atoms with Crippen LogP contribution in [0.25, 0.3) is 0 Å². The molecule has 3 rings (SSSR count). The van der Waals surface area contributed by atoms with Crippen molar-refractivity contribution in [1.29, 1.82) is 0 Å². The molecule has 0 fully saturated rings. The highest BCUT2D eigenvalue weighted by atomic mass is 16.6. The van der Waals surface area contributed by atoms with Gasteiger partial charge in [-0.15, -0.1) is 0 Å². The molecule has 1 heterocycles. The monoisotopic (exact) mass is 265 g/mol. The summed E-state index contributed by atoms with van der Waals surface area (Å²) in [7, 11) is 0. The lowest BCUT2D eigenvalue weighted by Gasteiger charge is -2.31. The molecule has 2 aromatic carbocycles. The first kappa shape index (κ1) is 12.9. The molecule has 2 aromatic rings. The van der Waals surface area contributed by atoms with Gasteiger partial charge in [0.05, 0.1) is 6.21 Å². The van der Waals surface area contributed by atoms with Crippen LogP contribution in [0.5, 0.6) is 0 Å². The number of rotatable bonds is 3. The summed E-state index contributed by atoms with van der Waals surface area (Å²) in [4.78, 5) is 5.71. The maximum atomic E-state index is 5.71. The summed E-state index contributed by atoms with van der Waals surface area (Å²) in [5.74, 6) is 0.190. The van der Waals surface area contributed by atoms with Gasteiger partial charge in [0.1, 0.15) is 6.10 Å². The lowest BCUT2D eigenvalue weighted by atomic mass is 9.75. The fourth-order valence-electron chi connectivity index (χ4n) is 2.79. The fraction of sp³-hybridized carbons (Fsp3) is 0.278. The number of hydrogen-bond donors (Lipinski definition) is 0. The molecule has 0 spiro atoms. The van der Waals surface area contributed by atoms with Crippen LogP contribution in [0, 0.1) is 5.41 Å². The lowest BCUT2D eigenvalue weighted by Crippen LogP contribution is -2.34. The van der Waals surface area contributed by atoms with Gasteiger partial charge in [0.25, 0.3) is 0 Å². The molecule has 0 aliphatic carbocycles. The molecule has 0 aromatic heterocycles.